The van der Waals surface area contributed by atoms with Crippen LogP contribution in [0.5, 0.6) is 0 Å². The zero-order valence-corrected chi connectivity index (χ0v) is 9.86. The second kappa shape index (κ2) is 78.1. The van der Waals surface area contributed by atoms with Crippen molar-refractivity contribution < 1.29 is 5.11 Å². The summed E-state index contributed by atoms with van der Waals surface area (Å²) in [6.07, 6.45) is 0. The fourth-order valence-corrected chi connectivity index (χ4v) is 0. The number of hydrogen-bond acceptors (Lipinski definition) is 1. The van der Waals surface area contributed by atoms with Crippen molar-refractivity contribution in [2.24, 2.45) is 0 Å². The Morgan fingerprint density at radius 2 is 0.833 bits per heavy atom. The quantitative estimate of drug-likeness (QED) is 0.596. The number of hydrogen-bond donors (Lipinski definition) is 1. The summed E-state index contributed by atoms with van der Waals surface area (Å²) in [5.41, 5.74) is 0. The molecular weight excluding hydrogens is 256 g/mol. The standard InChI is InChI=1S/CH4O.3ClH.Sb.3H/c1-2;;;;;;;/h2H,1H3;3*1H;;;;. The van der Waals surface area contributed by atoms with Gasteiger partial charge in [-0.2, -0.15) is 0 Å². The van der Waals surface area contributed by atoms with E-state index >= 15 is 0 Å². The molecule has 0 aliphatic rings. The third-order valence-electron chi connectivity index (χ3n) is 0. The van der Waals surface area contributed by atoms with Gasteiger partial charge in [0.2, 0.25) is 0 Å². The van der Waals surface area contributed by atoms with E-state index in [2.05, 4.69) is 0 Å². The van der Waals surface area contributed by atoms with Gasteiger partial charge in [-0.1, -0.05) is 0 Å². The van der Waals surface area contributed by atoms with Crippen molar-refractivity contribution in [1.82, 2.24) is 0 Å². The summed E-state index contributed by atoms with van der Waals surface area (Å²) in [5.74, 6) is 0. The van der Waals surface area contributed by atoms with Crippen LogP contribution in [-0.2, 0) is 0 Å². The Bertz CT molecular complexity index is 10.8. The minimum absolute atomic E-state index is 0. The summed E-state index contributed by atoms with van der Waals surface area (Å²) < 4.78 is 0. The summed E-state index contributed by atoms with van der Waals surface area (Å²) in [7, 11) is 1.00. The van der Waals surface area contributed by atoms with Gasteiger partial charge < -0.3 is 5.11 Å². The van der Waals surface area contributed by atoms with E-state index in [-0.39, 0.29) is 61.6 Å². The molecule has 6 heavy (non-hydrogen) atoms. The third-order valence-corrected chi connectivity index (χ3v) is 0. The second-order valence-corrected chi connectivity index (χ2v) is 0. The van der Waals surface area contributed by atoms with Gasteiger partial charge in [0, 0.05) is 7.11 Å². The van der Waals surface area contributed by atoms with Crippen molar-refractivity contribution in [3.63, 3.8) is 0 Å². The van der Waals surface area contributed by atoms with Gasteiger partial charge in [0.15, 0.2) is 0 Å². The van der Waals surface area contributed by atoms with Crippen molar-refractivity contribution in [2.45, 2.75) is 0 Å². The van der Waals surface area contributed by atoms with Crippen molar-refractivity contribution in [1.29, 1.82) is 0 Å². The summed E-state index contributed by atoms with van der Waals surface area (Å²) in [6, 6.07) is 0. The van der Waals surface area contributed by atoms with Crippen molar-refractivity contribution >= 4 is 61.6 Å². The van der Waals surface area contributed by atoms with Crippen molar-refractivity contribution in [3.8, 4) is 0 Å². The van der Waals surface area contributed by atoms with Crippen LogP contribution in [0, 0.1) is 0 Å². The van der Waals surface area contributed by atoms with E-state index < -0.39 is 0 Å². The maximum absolute atomic E-state index is 7.00. The molecule has 1 nitrogen and oxygen atoms in total. The molecule has 5 heteroatoms. The number of halogens is 3. The summed E-state index contributed by atoms with van der Waals surface area (Å²) in [5, 5.41) is 7.00. The first-order chi connectivity index (χ1) is 1.00. The Labute approximate surface area is 73.6 Å². The third kappa shape index (κ3) is 44.9. The first-order valence-electron chi connectivity index (χ1n) is 0.447. The topological polar surface area (TPSA) is 20.2 Å². The SMILES string of the molecule is CO.Cl.Cl.Cl.[SbH3]. The molecule has 0 aromatic rings. The van der Waals surface area contributed by atoms with Crippen molar-refractivity contribution in [3.05, 3.63) is 0 Å². The Hall–Kier alpha value is 1.65. The van der Waals surface area contributed by atoms with Gasteiger partial charge in [-0.25, -0.2) is 0 Å². The molecular formula is CH10Cl3OSb. The molecule has 0 fully saturated rings. The molecule has 0 amide bonds. The zero-order chi connectivity index (χ0) is 2.00. The monoisotopic (exact) mass is 264 g/mol. The molecule has 0 atom stereocenters. The normalized spacial score (nSPS) is 1.00. The molecule has 0 aromatic heterocycles. The van der Waals surface area contributed by atoms with Crippen LogP contribution in [-0.4, -0.2) is 36.6 Å². The van der Waals surface area contributed by atoms with Gasteiger partial charge in [0.1, 0.15) is 0 Å². The number of aliphatic hydroxyl groups excluding tert-OH is 1. The molecule has 0 spiro atoms. The molecule has 0 aliphatic heterocycles. The first kappa shape index (κ1) is 48.2. The van der Waals surface area contributed by atoms with Crippen molar-refractivity contribution in [2.75, 3.05) is 7.11 Å². The predicted octanol–water partition coefficient (Wildman–Crippen LogP) is -0.310. The van der Waals surface area contributed by atoms with E-state index in [1.165, 1.54) is 0 Å². The second-order valence-electron chi connectivity index (χ2n) is 0. The minimum atomic E-state index is 0. The Balaban J connectivity index is -0.000000000833. The Kier molecular flexibility index (Phi) is 627. The average molecular weight is 266 g/mol. The van der Waals surface area contributed by atoms with Crippen LogP contribution in [0.4, 0.5) is 0 Å². The molecule has 0 saturated heterocycles. The zero-order valence-electron chi connectivity index (χ0n) is 3.38. The Morgan fingerprint density at radius 1 is 0.833 bits per heavy atom. The van der Waals surface area contributed by atoms with Crippen LogP contribution in [0.25, 0.3) is 0 Å². The van der Waals surface area contributed by atoms with E-state index in [1.807, 2.05) is 0 Å². The predicted molar refractivity (Wildman–Crippen MR) is 39.8 cm³/mol. The Morgan fingerprint density at radius 3 is 0.833 bits per heavy atom. The van der Waals surface area contributed by atoms with E-state index in [0.717, 1.165) is 7.11 Å². The van der Waals surface area contributed by atoms with Crippen LogP contribution in [0.2, 0.25) is 0 Å². The maximum atomic E-state index is 7.00. The van der Waals surface area contributed by atoms with Crippen LogP contribution in [0.1, 0.15) is 0 Å². The van der Waals surface area contributed by atoms with E-state index in [1.54, 1.807) is 0 Å². The van der Waals surface area contributed by atoms with Gasteiger partial charge in [-0.3, -0.25) is 0 Å². The molecule has 0 saturated carbocycles. The molecule has 0 bridgehead atoms. The molecule has 1 N–H and O–H groups in total. The van der Waals surface area contributed by atoms with Crippen LogP contribution < -0.4 is 0 Å². The summed E-state index contributed by atoms with van der Waals surface area (Å²) in [6.45, 7) is 0. The van der Waals surface area contributed by atoms with E-state index in [0.29, 0.717) is 0 Å². The number of aliphatic hydroxyl groups is 1. The molecule has 46 valence electrons. The van der Waals surface area contributed by atoms with Crippen LogP contribution in [0.3, 0.4) is 0 Å². The fraction of sp³-hybridized carbons (Fsp3) is 1.00. The van der Waals surface area contributed by atoms with Gasteiger partial charge in [0.05, 0.1) is 0 Å². The van der Waals surface area contributed by atoms with Gasteiger partial charge in [-0.05, 0) is 0 Å². The molecule has 0 heterocycles. The van der Waals surface area contributed by atoms with E-state index in [4.69, 9.17) is 5.11 Å². The van der Waals surface area contributed by atoms with Crippen LogP contribution in [0.15, 0.2) is 0 Å². The van der Waals surface area contributed by atoms with E-state index in [9.17, 15) is 0 Å². The summed E-state index contributed by atoms with van der Waals surface area (Å²) >= 11 is 0. The van der Waals surface area contributed by atoms with Gasteiger partial charge in [0.25, 0.3) is 0 Å². The van der Waals surface area contributed by atoms with Crippen LogP contribution >= 0.6 is 37.2 Å². The summed E-state index contributed by atoms with van der Waals surface area (Å²) in [4.78, 5) is 0. The number of rotatable bonds is 0. The molecule has 0 rings (SSSR count). The first-order valence-corrected chi connectivity index (χ1v) is 0.447. The molecule has 0 aliphatic carbocycles. The van der Waals surface area contributed by atoms with Gasteiger partial charge in [-0.15, -0.1) is 37.2 Å². The average Bonchev–Trinajstić information content (AvgIpc) is 1.00. The molecule has 0 radical (unpaired) electrons. The molecule has 0 unspecified atom stereocenters. The van der Waals surface area contributed by atoms with Gasteiger partial charge >= 0.3 is 24.4 Å². The molecule has 0 aromatic carbocycles. The fourth-order valence-electron chi connectivity index (χ4n) is 0.